The summed E-state index contributed by atoms with van der Waals surface area (Å²) >= 11 is 0. The number of aryl methyl sites for hydroxylation is 2. The first kappa shape index (κ1) is 13.4. The van der Waals surface area contributed by atoms with Crippen molar-refractivity contribution in [3.05, 3.63) is 35.2 Å². The molecule has 0 radical (unpaired) electrons. The average molecular weight is 257 g/mol. The molecule has 0 saturated carbocycles. The van der Waals surface area contributed by atoms with Gasteiger partial charge in [-0.1, -0.05) is 19.9 Å². The van der Waals surface area contributed by atoms with Crippen LogP contribution in [0.3, 0.4) is 0 Å². The fourth-order valence-electron chi connectivity index (χ4n) is 2.10. The van der Waals surface area contributed by atoms with Crippen molar-refractivity contribution in [2.75, 3.05) is 5.43 Å². The molecule has 0 aromatic carbocycles. The number of nitrogens with one attached hydrogen (secondary N) is 1. The number of rotatable bonds is 3. The lowest BCUT2D eigenvalue weighted by Crippen LogP contribution is -2.14. The molecule has 5 nitrogen and oxygen atoms in total. The summed E-state index contributed by atoms with van der Waals surface area (Å²) in [5.74, 6) is 7.14. The fraction of sp³-hybridized carbons (Fsp3) is 0.357. The number of nitrogens with two attached hydrogens (primary N) is 1. The number of hydrogen-bond acceptors (Lipinski definition) is 5. The van der Waals surface area contributed by atoms with Crippen LogP contribution in [-0.4, -0.2) is 15.0 Å². The molecule has 3 N–H and O–H groups in total. The molecule has 0 bridgehead atoms. The lowest BCUT2D eigenvalue weighted by Gasteiger charge is -2.15. The van der Waals surface area contributed by atoms with Crippen LogP contribution in [0.25, 0.3) is 11.5 Å². The van der Waals surface area contributed by atoms with Gasteiger partial charge in [0.05, 0.1) is 0 Å². The zero-order chi connectivity index (χ0) is 14.0. The molecule has 5 heteroatoms. The first-order valence-corrected chi connectivity index (χ1v) is 6.31. The second-order valence-electron chi connectivity index (χ2n) is 4.91. The molecule has 0 saturated heterocycles. The van der Waals surface area contributed by atoms with Gasteiger partial charge in [-0.3, -0.25) is 4.98 Å². The maximum Gasteiger partial charge on any atom is 0.180 e. The molecular weight excluding hydrogens is 238 g/mol. The minimum Gasteiger partial charge on any atom is -0.308 e. The fourth-order valence-corrected chi connectivity index (χ4v) is 2.10. The van der Waals surface area contributed by atoms with E-state index in [9.17, 15) is 0 Å². The van der Waals surface area contributed by atoms with Gasteiger partial charge in [-0.25, -0.2) is 15.8 Å². The van der Waals surface area contributed by atoms with Crippen molar-refractivity contribution in [1.29, 1.82) is 0 Å². The summed E-state index contributed by atoms with van der Waals surface area (Å²) in [6.07, 6.45) is 1.81. The van der Waals surface area contributed by atoms with Gasteiger partial charge in [0.2, 0.25) is 0 Å². The van der Waals surface area contributed by atoms with Gasteiger partial charge >= 0.3 is 0 Å². The number of anilines is 1. The van der Waals surface area contributed by atoms with Crippen molar-refractivity contribution in [1.82, 2.24) is 15.0 Å². The SMILES string of the molecule is Cc1ccc(-c2nc(C)c(C(C)C)c(NN)n2)nc1. The molecular formula is C14H19N5. The van der Waals surface area contributed by atoms with E-state index in [0.29, 0.717) is 17.6 Å². The Morgan fingerprint density at radius 1 is 1.16 bits per heavy atom. The van der Waals surface area contributed by atoms with E-state index in [2.05, 4.69) is 34.2 Å². The lowest BCUT2D eigenvalue weighted by molar-refractivity contribution is 0.831. The van der Waals surface area contributed by atoms with Crippen LogP contribution in [0.15, 0.2) is 18.3 Å². The Labute approximate surface area is 113 Å². The molecule has 2 aromatic rings. The molecule has 19 heavy (non-hydrogen) atoms. The Kier molecular flexibility index (Phi) is 3.76. The molecule has 100 valence electrons. The number of hydrogen-bond donors (Lipinski definition) is 2. The number of nitrogens with zero attached hydrogens (tertiary/aromatic N) is 3. The molecule has 0 amide bonds. The molecule has 2 aromatic heterocycles. The van der Waals surface area contributed by atoms with Crippen LogP contribution in [0, 0.1) is 13.8 Å². The van der Waals surface area contributed by atoms with Crippen molar-refractivity contribution in [2.45, 2.75) is 33.6 Å². The Bertz CT molecular complexity index is 575. The summed E-state index contributed by atoms with van der Waals surface area (Å²) in [5, 5.41) is 0. The Balaban J connectivity index is 2.54. The average Bonchev–Trinajstić information content (AvgIpc) is 2.38. The number of hydrazine groups is 1. The van der Waals surface area contributed by atoms with Crippen molar-refractivity contribution in [3.8, 4) is 11.5 Å². The smallest absolute Gasteiger partial charge is 0.180 e. The summed E-state index contributed by atoms with van der Waals surface area (Å²) in [7, 11) is 0. The Morgan fingerprint density at radius 3 is 2.42 bits per heavy atom. The summed E-state index contributed by atoms with van der Waals surface area (Å²) in [6.45, 7) is 8.15. The van der Waals surface area contributed by atoms with Crippen LogP contribution >= 0.6 is 0 Å². The highest BCUT2D eigenvalue weighted by atomic mass is 15.3. The van der Waals surface area contributed by atoms with E-state index in [1.807, 2.05) is 26.0 Å². The molecule has 2 rings (SSSR count). The van der Waals surface area contributed by atoms with Crippen molar-refractivity contribution < 1.29 is 0 Å². The van der Waals surface area contributed by atoms with Gasteiger partial charge in [0.15, 0.2) is 5.82 Å². The standard InChI is InChI=1S/C14H19N5/c1-8(2)12-10(4)17-13(18-14(12)19-15)11-6-5-9(3)7-16-11/h5-8H,15H2,1-4H3,(H,17,18,19). The van der Waals surface area contributed by atoms with E-state index < -0.39 is 0 Å². The van der Waals surface area contributed by atoms with Crippen LogP contribution in [0.4, 0.5) is 5.82 Å². The van der Waals surface area contributed by atoms with Gasteiger partial charge in [-0.2, -0.15) is 0 Å². The highest BCUT2D eigenvalue weighted by Crippen LogP contribution is 2.26. The predicted molar refractivity (Wildman–Crippen MR) is 76.6 cm³/mol. The summed E-state index contributed by atoms with van der Waals surface area (Å²) in [4.78, 5) is 13.3. The van der Waals surface area contributed by atoms with Crippen molar-refractivity contribution >= 4 is 5.82 Å². The summed E-state index contributed by atoms with van der Waals surface area (Å²) < 4.78 is 0. The molecule has 0 unspecified atom stereocenters. The van der Waals surface area contributed by atoms with E-state index >= 15 is 0 Å². The van der Waals surface area contributed by atoms with E-state index in [4.69, 9.17) is 5.84 Å². The molecule has 0 fully saturated rings. The van der Waals surface area contributed by atoms with Crippen LogP contribution in [0.1, 0.15) is 36.6 Å². The van der Waals surface area contributed by atoms with Gasteiger partial charge in [0, 0.05) is 17.5 Å². The third-order valence-corrected chi connectivity index (χ3v) is 2.99. The van der Waals surface area contributed by atoms with E-state index in [1.165, 1.54) is 0 Å². The predicted octanol–water partition coefficient (Wildman–Crippen LogP) is 2.56. The summed E-state index contributed by atoms with van der Waals surface area (Å²) in [5.41, 5.74) is 6.49. The number of pyridine rings is 1. The minimum absolute atomic E-state index is 0.311. The maximum atomic E-state index is 5.57. The van der Waals surface area contributed by atoms with Crippen molar-refractivity contribution in [2.24, 2.45) is 5.84 Å². The Hall–Kier alpha value is -2.01. The highest BCUT2D eigenvalue weighted by molar-refractivity contribution is 5.57. The minimum atomic E-state index is 0.311. The topological polar surface area (TPSA) is 76.7 Å². The third kappa shape index (κ3) is 2.71. The quantitative estimate of drug-likeness (QED) is 0.652. The Morgan fingerprint density at radius 2 is 1.89 bits per heavy atom. The second-order valence-corrected chi connectivity index (χ2v) is 4.91. The van der Waals surface area contributed by atoms with E-state index in [0.717, 1.165) is 22.5 Å². The van der Waals surface area contributed by atoms with Crippen LogP contribution in [-0.2, 0) is 0 Å². The summed E-state index contributed by atoms with van der Waals surface area (Å²) in [6, 6.07) is 3.91. The molecule has 0 aliphatic heterocycles. The number of nitrogen functional groups attached to an aromatic ring is 1. The van der Waals surface area contributed by atoms with Gasteiger partial charge in [-0.05, 0) is 31.4 Å². The molecule has 0 aliphatic carbocycles. The first-order valence-electron chi connectivity index (χ1n) is 6.31. The van der Waals surface area contributed by atoms with Gasteiger partial charge in [0.1, 0.15) is 11.5 Å². The van der Waals surface area contributed by atoms with Gasteiger partial charge in [-0.15, -0.1) is 0 Å². The van der Waals surface area contributed by atoms with Crippen LogP contribution < -0.4 is 11.3 Å². The first-order chi connectivity index (χ1) is 9.02. The van der Waals surface area contributed by atoms with Gasteiger partial charge in [0.25, 0.3) is 0 Å². The van der Waals surface area contributed by atoms with E-state index in [-0.39, 0.29) is 0 Å². The van der Waals surface area contributed by atoms with Crippen molar-refractivity contribution in [3.63, 3.8) is 0 Å². The molecule has 2 heterocycles. The second kappa shape index (κ2) is 5.32. The zero-order valence-corrected chi connectivity index (χ0v) is 11.7. The maximum absolute atomic E-state index is 5.57. The van der Waals surface area contributed by atoms with Gasteiger partial charge < -0.3 is 5.43 Å². The molecule has 0 atom stereocenters. The van der Waals surface area contributed by atoms with E-state index in [1.54, 1.807) is 6.20 Å². The highest BCUT2D eigenvalue weighted by Gasteiger charge is 2.15. The monoisotopic (exact) mass is 257 g/mol. The third-order valence-electron chi connectivity index (χ3n) is 2.99. The zero-order valence-electron chi connectivity index (χ0n) is 11.7. The normalized spacial score (nSPS) is 10.8. The lowest BCUT2D eigenvalue weighted by atomic mass is 10.0. The molecule has 0 spiro atoms. The molecule has 0 aliphatic rings. The van der Waals surface area contributed by atoms with Crippen LogP contribution in [0.5, 0.6) is 0 Å². The largest absolute Gasteiger partial charge is 0.308 e. The number of aromatic nitrogens is 3. The van der Waals surface area contributed by atoms with Crippen LogP contribution in [0.2, 0.25) is 0 Å².